The van der Waals surface area contributed by atoms with Gasteiger partial charge in [0.25, 0.3) is 0 Å². The lowest BCUT2D eigenvalue weighted by atomic mass is 10.0. The van der Waals surface area contributed by atoms with Gasteiger partial charge in [0, 0.05) is 25.7 Å². The first-order chi connectivity index (χ1) is 15.3. The Morgan fingerprint density at radius 2 is 1.78 bits per heavy atom. The zero-order chi connectivity index (χ0) is 22.9. The second-order valence-corrected chi connectivity index (χ2v) is 11.2. The van der Waals surface area contributed by atoms with E-state index < -0.39 is 9.84 Å². The second-order valence-electron chi connectivity index (χ2n) is 8.86. The van der Waals surface area contributed by atoms with Crippen LogP contribution in [0.2, 0.25) is 5.02 Å². The molecular weight excluding hydrogens is 448 g/mol. The topological polar surface area (TPSA) is 66.9 Å². The minimum Gasteiger partial charge on any atom is -0.449 e. The SMILES string of the molecule is CC(C)COC(=O)N1CCC(N2CCc3cc(S(=O)(=O)c4ccccc4)cc(Cl)c32)CC1. The molecule has 0 radical (unpaired) electrons. The number of hydrogen-bond acceptors (Lipinski definition) is 5. The Bertz CT molecular complexity index is 1080. The lowest BCUT2D eigenvalue weighted by molar-refractivity contribution is 0.0833. The molecule has 2 heterocycles. The maximum absolute atomic E-state index is 13.0. The number of halogens is 1. The van der Waals surface area contributed by atoms with E-state index in [1.54, 1.807) is 47.4 Å². The van der Waals surface area contributed by atoms with E-state index in [1.807, 2.05) is 13.8 Å². The molecule has 32 heavy (non-hydrogen) atoms. The Morgan fingerprint density at radius 1 is 1.09 bits per heavy atom. The number of amides is 1. The fourth-order valence-electron chi connectivity index (χ4n) is 4.44. The van der Waals surface area contributed by atoms with Crippen LogP contribution < -0.4 is 4.90 Å². The number of benzene rings is 2. The van der Waals surface area contributed by atoms with Crippen LogP contribution >= 0.6 is 11.6 Å². The van der Waals surface area contributed by atoms with Gasteiger partial charge >= 0.3 is 6.09 Å². The van der Waals surface area contributed by atoms with E-state index in [0.717, 1.165) is 37.1 Å². The van der Waals surface area contributed by atoms with Gasteiger partial charge < -0.3 is 14.5 Å². The number of carbonyl (C=O) groups is 1. The van der Waals surface area contributed by atoms with Crippen molar-refractivity contribution < 1.29 is 17.9 Å². The average Bonchev–Trinajstić information content (AvgIpc) is 3.23. The maximum Gasteiger partial charge on any atom is 0.409 e. The predicted octanol–water partition coefficient (Wildman–Crippen LogP) is 4.79. The van der Waals surface area contributed by atoms with Gasteiger partial charge in [-0.25, -0.2) is 13.2 Å². The van der Waals surface area contributed by atoms with E-state index in [9.17, 15) is 13.2 Å². The Kier molecular flexibility index (Phi) is 6.67. The summed E-state index contributed by atoms with van der Waals surface area (Å²) in [5.41, 5.74) is 1.89. The molecule has 172 valence electrons. The van der Waals surface area contributed by atoms with Gasteiger partial charge in [-0.2, -0.15) is 0 Å². The Balaban J connectivity index is 1.48. The van der Waals surface area contributed by atoms with Gasteiger partial charge in [0.15, 0.2) is 0 Å². The minimum atomic E-state index is -3.61. The number of ether oxygens (including phenoxy) is 1. The summed E-state index contributed by atoms with van der Waals surface area (Å²) in [6.45, 7) is 6.56. The largest absolute Gasteiger partial charge is 0.449 e. The van der Waals surface area contributed by atoms with Crippen LogP contribution in [0.5, 0.6) is 0 Å². The highest BCUT2D eigenvalue weighted by Gasteiger charge is 2.33. The smallest absolute Gasteiger partial charge is 0.409 e. The van der Waals surface area contributed by atoms with Crippen LogP contribution in [0.4, 0.5) is 10.5 Å². The van der Waals surface area contributed by atoms with Gasteiger partial charge in [-0.1, -0.05) is 43.6 Å². The van der Waals surface area contributed by atoms with Crippen LogP contribution in [0, 0.1) is 5.92 Å². The normalized spacial score (nSPS) is 17.0. The summed E-state index contributed by atoms with van der Waals surface area (Å²) in [6.07, 6.45) is 2.17. The van der Waals surface area contributed by atoms with Gasteiger partial charge in [0.1, 0.15) is 0 Å². The van der Waals surface area contributed by atoms with Crippen molar-refractivity contribution in [3.63, 3.8) is 0 Å². The molecular formula is C24H29ClN2O4S. The summed E-state index contributed by atoms with van der Waals surface area (Å²) >= 11 is 6.64. The number of anilines is 1. The van der Waals surface area contributed by atoms with E-state index in [2.05, 4.69) is 4.90 Å². The molecule has 1 amide bonds. The summed E-state index contributed by atoms with van der Waals surface area (Å²) in [5.74, 6) is 0.315. The Morgan fingerprint density at radius 3 is 2.44 bits per heavy atom. The number of likely N-dealkylation sites (tertiary alicyclic amines) is 1. The third-order valence-corrected chi connectivity index (χ3v) is 8.13. The third-order valence-electron chi connectivity index (χ3n) is 6.09. The second kappa shape index (κ2) is 9.32. The minimum absolute atomic E-state index is 0.233. The lowest BCUT2D eigenvalue weighted by Gasteiger charge is -2.38. The molecule has 6 nitrogen and oxygen atoms in total. The number of sulfone groups is 1. The van der Waals surface area contributed by atoms with E-state index >= 15 is 0 Å². The molecule has 2 aromatic carbocycles. The predicted molar refractivity (Wildman–Crippen MR) is 125 cm³/mol. The fourth-order valence-corrected chi connectivity index (χ4v) is 6.21. The third kappa shape index (κ3) is 4.59. The molecule has 0 spiro atoms. The highest BCUT2D eigenvalue weighted by molar-refractivity contribution is 7.91. The first-order valence-electron chi connectivity index (χ1n) is 11.1. The first-order valence-corrected chi connectivity index (χ1v) is 12.9. The summed E-state index contributed by atoms with van der Waals surface area (Å²) < 4.78 is 31.4. The molecule has 0 atom stereocenters. The monoisotopic (exact) mass is 476 g/mol. The molecule has 1 saturated heterocycles. The summed E-state index contributed by atoms with van der Waals surface area (Å²) in [6, 6.07) is 12.0. The Hall–Kier alpha value is -2.25. The molecule has 0 bridgehead atoms. The van der Waals surface area contributed by atoms with Crippen molar-refractivity contribution in [1.82, 2.24) is 4.90 Å². The van der Waals surface area contributed by atoms with Gasteiger partial charge in [0.2, 0.25) is 9.84 Å². The number of nitrogens with zero attached hydrogens (tertiary/aromatic N) is 2. The van der Waals surface area contributed by atoms with E-state index in [1.165, 1.54) is 0 Å². The van der Waals surface area contributed by atoms with Gasteiger partial charge in [-0.15, -0.1) is 0 Å². The van der Waals surface area contributed by atoms with Gasteiger partial charge in [-0.3, -0.25) is 0 Å². The number of carbonyl (C=O) groups excluding carboxylic acids is 1. The van der Waals surface area contributed by atoms with Crippen LogP contribution in [0.3, 0.4) is 0 Å². The molecule has 4 rings (SSSR count). The molecule has 0 saturated carbocycles. The highest BCUT2D eigenvalue weighted by Crippen LogP contribution is 2.41. The van der Waals surface area contributed by atoms with Crippen molar-refractivity contribution in [3.8, 4) is 0 Å². The van der Waals surface area contributed by atoms with Crippen molar-refractivity contribution >= 4 is 33.2 Å². The molecule has 0 unspecified atom stereocenters. The highest BCUT2D eigenvalue weighted by atomic mass is 35.5. The van der Waals surface area contributed by atoms with Crippen LogP contribution in [0.1, 0.15) is 32.3 Å². The van der Waals surface area contributed by atoms with Crippen molar-refractivity contribution in [2.45, 2.75) is 48.9 Å². The standard InChI is InChI=1S/C24H29ClN2O4S/c1-17(2)16-31-24(28)26-11-9-19(10-12-26)27-13-8-18-14-21(15-22(25)23(18)27)32(29,30)20-6-4-3-5-7-20/h3-7,14-15,17,19H,8-13,16H2,1-2H3. The molecule has 2 aromatic rings. The van der Waals surface area contributed by atoms with Crippen LogP contribution in [-0.4, -0.2) is 51.7 Å². The van der Waals surface area contributed by atoms with E-state index in [0.29, 0.717) is 30.6 Å². The molecule has 0 aliphatic carbocycles. The molecule has 1 fully saturated rings. The summed E-state index contributed by atoms with van der Waals surface area (Å²) in [7, 11) is -3.61. The molecule has 0 aromatic heterocycles. The number of hydrogen-bond donors (Lipinski definition) is 0. The quantitative estimate of drug-likeness (QED) is 0.620. The average molecular weight is 477 g/mol. The van der Waals surface area contributed by atoms with Crippen LogP contribution in [0.25, 0.3) is 0 Å². The lowest BCUT2D eigenvalue weighted by Crippen LogP contribution is -2.46. The Labute approximate surface area is 195 Å². The first kappa shape index (κ1) is 22.9. The molecule has 2 aliphatic rings. The summed E-state index contributed by atoms with van der Waals surface area (Å²) in [4.78, 5) is 16.8. The van der Waals surface area contributed by atoms with Crippen molar-refractivity contribution in [2.75, 3.05) is 31.1 Å². The van der Waals surface area contributed by atoms with Crippen molar-refractivity contribution in [3.05, 3.63) is 53.1 Å². The molecule has 0 N–H and O–H groups in total. The van der Waals surface area contributed by atoms with Gasteiger partial charge in [-0.05, 0) is 55.0 Å². The summed E-state index contributed by atoms with van der Waals surface area (Å²) in [5, 5.41) is 0.466. The molecule has 8 heteroatoms. The van der Waals surface area contributed by atoms with Crippen LogP contribution in [-0.2, 0) is 21.0 Å². The number of fused-ring (bicyclic) bond motifs is 1. The fraction of sp³-hybridized carbons (Fsp3) is 0.458. The number of rotatable bonds is 5. The van der Waals surface area contributed by atoms with Crippen LogP contribution in [0.15, 0.2) is 52.3 Å². The van der Waals surface area contributed by atoms with E-state index in [4.69, 9.17) is 16.3 Å². The molecule has 2 aliphatic heterocycles. The van der Waals surface area contributed by atoms with Crippen molar-refractivity contribution in [1.29, 1.82) is 0 Å². The maximum atomic E-state index is 13.0. The van der Waals surface area contributed by atoms with E-state index in [-0.39, 0.29) is 21.9 Å². The number of piperidine rings is 1. The van der Waals surface area contributed by atoms with Crippen molar-refractivity contribution in [2.24, 2.45) is 5.92 Å². The zero-order valence-corrected chi connectivity index (χ0v) is 20.0. The zero-order valence-electron chi connectivity index (χ0n) is 18.5. The van der Waals surface area contributed by atoms with Gasteiger partial charge in [0.05, 0.1) is 27.1 Å².